The van der Waals surface area contributed by atoms with E-state index < -0.39 is 9.84 Å². The van der Waals surface area contributed by atoms with Crippen LogP contribution in [0.5, 0.6) is 5.75 Å². The molecule has 1 fully saturated rings. The standard InChI is InChI=1S/C11H14ClNO3S/c12-10-6-8(3-4-11(10)14)13-9-2-1-5-17(15,16)7-9/h3-4,6,9,13-14H,1-2,5,7H2. The fourth-order valence-corrected chi connectivity index (χ4v) is 3.79. The average molecular weight is 276 g/mol. The molecule has 1 aromatic rings. The van der Waals surface area contributed by atoms with Crippen molar-refractivity contribution in [2.45, 2.75) is 18.9 Å². The van der Waals surface area contributed by atoms with E-state index in [9.17, 15) is 13.5 Å². The van der Waals surface area contributed by atoms with Crippen molar-refractivity contribution < 1.29 is 13.5 Å². The fraction of sp³-hybridized carbons (Fsp3) is 0.455. The number of hydrogen-bond donors (Lipinski definition) is 2. The molecule has 1 unspecified atom stereocenters. The number of rotatable bonds is 2. The molecule has 2 rings (SSSR count). The molecule has 1 aromatic carbocycles. The first-order valence-electron chi connectivity index (χ1n) is 5.42. The van der Waals surface area contributed by atoms with Gasteiger partial charge in [0, 0.05) is 11.7 Å². The van der Waals surface area contributed by atoms with Crippen molar-refractivity contribution in [2.75, 3.05) is 16.8 Å². The molecule has 17 heavy (non-hydrogen) atoms. The van der Waals surface area contributed by atoms with E-state index in [1.54, 1.807) is 12.1 Å². The lowest BCUT2D eigenvalue weighted by molar-refractivity contribution is 0.475. The number of phenolic OH excluding ortho intramolecular Hbond substituents is 1. The normalized spacial score (nSPS) is 23.2. The van der Waals surface area contributed by atoms with Gasteiger partial charge in [-0.05, 0) is 31.0 Å². The Morgan fingerprint density at radius 1 is 1.41 bits per heavy atom. The lowest BCUT2D eigenvalue weighted by Gasteiger charge is -2.24. The minimum absolute atomic E-state index is 0.0217. The van der Waals surface area contributed by atoms with Gasteiger partial charge in [-0.1, -0.05) is 11.6 Å². The first-order chi connectivity index (χ1) is 7.96. The lowest BCUT2D eigenvalue weighted by atomic mass is 10.1. The Hall–Kier alpha value is -0.940. The maximum atomic E-state index is 11.5. The van der Waals surface area contributed by atoms with Crippen LogP contribution in [0.1, 0.15) is 12.8 Å². The Kier molecular flexibility index (Phi) is 3.49. The van der Waals surface area contributed by atoms with Gasteiger partial charge in [0.05, 0.1) is 16.5 Å². The van der Waals surface area contributed by atoms with E-state index in [0.717, 1.165) is 12.1 Å². The van der Waals surface area contributed by atoms with E-state index in [1.807, 2.05) is 0 Å². The number of anilines is 1. The van der Waals surface area contributed by atoms with Crippen LogP contribution in [-0.2, 0) is 9.84 Å². The highest BCUT2D eigenvalue weighted by atomic mass is 35.5. The highest BCUT2D eigenvalue weighted by molar-refractivity contribution is 7.91. The predicted molar refractivity (Wildman–Crippen MR) is 68.4 cm³/mol. The largest absolute Gasteiger partial charge is 0.506 e. The van der Waals surface area contributed by atoms with Gasteiger partial charge >= 0.3 is 0 Å². The number of halogens is 1. The minimum Gasteiger partial charge on any atom is -0.506 e. The van der Waals surface area contributed by atoms with Crippen molar-refractivity contribution in [1.82, 2.24) is 0 Å². The van der Waals surface area contributed by atoms with Crippen LogP contribution in [0.2, 0.25) is 5.02 Å². The Morgan fingerprint density at radius 2 is 2.18 bits per heavy atom. The zero-order valence-corrected chi connectivity index (χ0v) is 10.8. The molecular formula is C11H14ClNO3S. The zero-order chi connectivity index (χ0) is 12.5. The first-order valence-corrected chi connectivity index (χ1v) is 7.62. The summed E-state index contributed by atoms with van der Waals surface area (Å²) in [7, 11) is -2.92. The fourth-order valence-electron chi connectivity index (χ4n) is 1.97. The van der Waals surface area contributed by atoms with Gasteiger partial charge in [0.2, 0.25) is 0 Å². The summed E-state index contributed by atoms with van der Waals surface area (Å²) >= 11 is 5.78. The Bertz CT molecular complexity index is 515. The van der Waals surface area contributed by atoms with Gasteiger partial charge < -0.3 is 10.4 Å². The maximum Gasteiger partial charge on any atom is 0.152 e. The average Bonchev–Trinajstić information content (AvgIpc) is 2.22. The van der Waals surface area contributed by atoms with Gasteiger partial charge in [-0.2, -0.15) is 0 Å². The molecule has 0 aliphatic carbocycles. The van der Waals surface area contributed by atoms with Gasteiger partial charge in [-0.25, -0.2) is 8.42 Å². The van der Waals surface area contributed by atoms with Crippen molar-refractivity contribution in [3.63, 3.8) is 0 Å². The van der Waals surface area contributed by atoms with Crippen molar-refractivity contribution >= 4 is 27.1 Å². The van der Waals surface area contributed by atoms with Gasteiger partial charge in [0.25, 0.3) is 0 Å². The molecule has 1 heterocycles. The molecule has 4 nitrogen and oxygen atoms in total. The summed E-state index contributed by atoms with van der Waals surface area (Å²) in [6.45, 7) is 0. The molecule has 1 aliphatic heterocycles. The number of hydrogen-bond acceptors (Lipinski definition) is 4. The number of aromatic hydroxyl groups is 1. The Morgan fingerprint density at radius 3 is 2.82 bits per heavy atom. The quantitative estimate of drug-likeness (QED) is 0.811. The molecule has 0 bridgehead atoms. The van der Waals surface area contributed by atoms with Gasteiger partial charge in [0.15, 0.2) is 9.84 Å². The monoisotopic (exact) mass is 275 g/mol. The van der Waals surface area contributed by atoms with E-state index in [1.165, 1.54) is 6.07 Å². The second kappa shape index (κ2) is 4.74. The van der Waals surface area contributed by atoms with Crippen molar-refractivity contribution in [2.24, 2.45) is 0 Å². The summed E-state index contributed by atoms with van der Waals surface area (Å²) in [6.07, 6.45) is 1.52. The first kappa shape index (κ1) is 12.5. The highest BCUT2D eigenvalue weighted by Crippen LogP contribution is 2.27. The van der Waals surface area contributed by atoms with Crippen molar-refractivity contribution in [1.29, 1.82) is 0 Å². The topological polar surface area (TPSA) is 66.4 Å². The third-order valence-electron chi connectivity index (χ3n) is 2.78. The third kappa shape index (κ3) is 3.26. The van der Waals surface area contributed by atoms with Crippen LogP contribution in [-0.4, -0.2) is 31.1 Å². The van der Waals surface area contributed by atoms with Crippen LogP contribution in [0, 0.1) is 0 Å². The van der Waals surface area contributed by atoms with Gasteiger partial charge in [-0.15, -0.1) is 0 Å². The molecular weight excluding hydrogens is 262 g/mol. The summed E-state index contributed by atoms with van der Waals surface area (Å²) < 4.78 is 22.9. The highest BCUT2D eigenvalue weighted by Gasteiger charge is 2.24. The molecule has 6 heteroatoms. The predicted octanol–water partition coefficient (Wildman–Crippen LogP) is 2.03. The summed E-state index contributed by atoms with van der Waals surface area (Å²) in [5, 5.41) is 12.7. The molecule has 1 atom stereocenters. The Labute approximate surface area is 106 Å². The summed E-state index contributed by atoms with van der Waals surface area (Å²) in [5.74, 6) is 0.459. The van der Waals surface area contributed by atoms with Gasteiger partial charge in [-0.3, -0.25) is 0 Å². The second-order valence-corrected chi connectivity index (χ2v) is 6.90. The summed E-state index contributed by atoms with van der Waals surface area (Å²) in [4.78, 5) is 0. The molecule has 1 saturated heterocycles. The molecule has 0 aromatic heterocycles. The smallest absolute Gasteiger partial charge is 0.152 e. The molecule has 2 N–H and O–H groups in total. The molecule has 0 amide bonds. The molecule has 1 aliphatic rings. The Balaban J connectivity index is 2.08. The van der Waals surface area contributed by atoms with E-state index >= 15 is 0 Å². The van der Waals surface area contributed by atoms with Crippen LogP contribution >= 0.6 is 11.6 Å². The minimum atomic E-state index is -2.92. The van der Waals surface area contributed by atoms with Crippen LogP contribution in [0.25, 0.3) is 0 Å². The molecule has 94 valence electrons. The zero-order valence-electron chi connectivity index (χ0n) is 9.19. The van der Waals surface area contributed by atoms with Crippen LogP contribution in [0.3, 0.4) is 0 Å². The van der Waals surface area contributed by atoms with Crippen molar-refractivity contribution in [3.8, 4) is 5.75 Å². The van der Waals surface area contributed by atoms with E-state index in [2.05, 4.69) is 5.32 Å². The number of sulfone groups is 1. The van der Waals surface area contributed by atoms with E-state index in [-0.39, 0.29) is 28.3 Å². The summed E-state index contributed by atoms with van der Waals surface area (Å²) in [6, 6.07) is 4.69. The van der Waals surface area contributed by atoms with Crippen LogP contribution in [0.15, 0.2) is 18.2 Å². The van der Waals surface area contributed by atoms with Crippen LogP contribution < -0.4 is 5.32 Å². The number of phenols is 1. The summed E-state index contributed by atoms with van der Waals surface area (Å²) in [5.41, 5.74) is 0.731. The van der Waals surface area contributed by atoms with E-state index in [4.69, 9.17) is 11.6 Å². The second-order valence-electron chi connectivity index (χ2n) is 4.26. The third-order valence-corrected chi connectivity index (χ3v) is 4.91. The van der Waals surface area contributed by atoms with Gasteiger partial charge in [0.1, 0.15) is 5.75 Å². The maximum absolute atomic E-state index is 11.5. The van der Waals surface area contributed by atoms with Crippen LogP contribution in [0.4, 0.5) is 5.69 Å². The van der Waals surface area contributed by atoms with Crippen molar-refractivity contribution in [3.05, 3.63) is 23.2 Å². The molecule has 0 saturated carbocycles. The van der Waals surface area contributed by atoms with E-state index in [0.29, 0.717) is 6.42 Å². The molecule has 0 radical (unpaired) electrons. The lowest BCUT2D eigenvalue weighted by Crippen LogP contribution is -2.34. The SMILES string of the molecule is O=S1(=O)CCCC(Nc2ccc(O)c(Cl)c2)C1. The number of nitrogens with one attached hydrogen (secondary N) is 1. The number of benzene rings is 1. The molecule has 0 spiro atoms.